The monoisotopic (exact) mass is 163 g/mol. The van der Waals surface area contributed by atoms with Crippen LogP contribution in [0.5, 0.6) is 0 Å². The largest absolute Gasteiger partial charge is 0.467 e. The molecule has 0 spiro atoms. The molecular formula is C10H13NO. The van der Waals surface area contributed by atoms with Crippen molar-refractivity contribution in [3.63, 3.8) is 0 Å². The second-order valence-electron chi connectivity index (χ2n) is 3.47. The fraction of sp³-hybridized carbons (Fsp3) is 0.400. The number of nitrogens with two attached hydrogens (primary N) is 1. The van der Waals surface area contributed by atoms with E-state index in [1.54, 1.807) is 6.26 Å². The molecule has 2 N–H and O–H groups in total. The second kappa shape index (κ2) is 2.49. The van der Waals surface area contributed by atoms with E-state index in [0.29, 0.717) is 0 Å². The zero-order chi connectivity index (χ0) is 8.60. The predicted molar refractivity (Wildman–Crippen MR) is 47.7 cm³/mol. The van der Waals surface area contributed by atoms with E-state index in [9.17, 15) is 0 Å². The third kappa shape index (κ3) is 0.994. The minimum atomic E-state index is -0.270. The molecule has 0 aliphatic heterocycles. The molecule has 1 aliphatic carbocycles. The summed E-state index contributed by atoms with van der Waals surface area (Å²) in [7, 11) is 0. The molecule has 12 heavy (non-hydrogen) atoms. The van der Waals surface area contributed by atoms with Crippen LogP contribution >= 0.6 is 0 Å². The lowest BCUT2D eigenvalue weighted by Crippen LogP contribution is -2.33. The Bertz CT molecular complexity index is 303. The Morgan fingerprint density at radius 3 is 2.58 bits per heavy atom. The molecule has 0 radical (unpaired) electrons. The van der Waals surface area contributed by atoms with E-state index in [0.717, 1.165) is 24.2 Å². The lowest BCUT2D eigenvalue weighted by atomic mass is 9.92. The lowest BCUT2D eigenvalue weighted by molar-refractivity contribution is 0.357. The van der Waals surface area contributed by atoms with Crippen LogP contribution in [0.4, 0.5) is 0 Å². The van der Waals surface area contributed by atoms with E-state index in [2.05, 4.69) is 12.2 Å². The zero-order valence-electron chi connectivity index (χ0n) is 7.21. The zero-order valence-corrected chi connectivity index (χ0v) is 7.21. The summed E-state index contributed by atoms with van der Waals surface area (Å²) in [5.74, 6) is 0.938. The summed E-state index contributed by atoms with van der Waals surface area (Å²) in [6, 6.07) is 1.96. The first-order valence-corrected chi connectivity index (χ1v) is 4.21. The molecule has 1 aromatic rings. The van der Waals surface area contributed by atoms with Gasteiger partial charge >= 0.3 is 0 Å². The molecule has 0 bridgehead atoms. The smallest absolute Gasteiger partial charge is 0.127 e. The maximum atomic E-state index is 6.17. The molecule has 2 rings (SSSR count). The van der Waals surface area contributed by atoms with Gasteiger partial charge in [-0.15, -0.1) is 0 Å². The van der Waals surface area contributed by atoms with Gasteiger partial charge in [-0.1, -0.05) is 12.2 Å². The van der Waals surface area contributed by atoms with Crippen LogP contribution in [-0.2, 0) is 5.54 Å². The van der Waals surface area contributed by atoms with Gasteiger partial charge in [-0.2, -0.15) is 0 Å². The Labute approximate surface area is 72.1 Å². The van der Waals surface area contributed by atoms with Gasteiger partial charge < -0.3 is 10.2 Å². The molecule has 0 saturated carbocycles. The van der Waals surface area contributed by atoms with Crippen LogP contribution in [0.2, 0.25) is 0 Å². The van der Waals surface area contributed by atoms with Crippen molar-refractivity contribution in [2.24, 2.45) is 5.73 Å². The molecule has 2 heteroatoms. The number of hydrogen-bond acceptors (Lipinski definition) is 2. The summed E-state index contributed by atoms with van der Waals surface area (Å²) < 4.78 is 5.39. The average Bonchev–Trinajstić information content (AvgIpc) is 2.59. The number of hydrogen-bond donors (Lipinski definition) is 1. The molecule has 0 amide bonds. The van der Waals surface area contributed by atoms with Gasteiger partial charge in [0.1, 0.15) is 5.76 Å². The van der Waals surface area contributed by atoms with Gasteiger partial charge in [-0.3, -0.25) is 0 Å². The summed E-state index contributed by atoms with van der Waals surface area (Å²) in [6.07, 6.45) is 7.71. The molecule has 2 nitrogen and oxygen atoms in total. The van der Waals surface area contributed by atoms with Crippen molar-refractivity contribution in [2.75, 3.05) is 0 Å². The van der Waals surface area contributed by atoms with Gasteiger partial charge in [0.25, 0.3) is 0 Å². The summed E-state index contributed by atoms with van der Waals surface area (Å²) >= 11 is 0. The van der Waals surface area contributed by atoms with Crippen LogP contribution in [-0.4, -0.2) is 0 Å². The van der Waals surface area contributed by atoms with Crippen LogP contribution in [0.3, 0.4) is 0 Å². The summed E-state index contributed by atoms with van der Waals surface area (Å²) in [5, 5.41) is 0. The molecule has 0 fully saturated rings. The fourth-order valence-electron chi connectivity index (χ4n) is 1.74. The molecule has 1 heterocycles. The molecule has 0 aromatic carbocycles. The third-order valence-corrected chi connectivity index (χ3v) is 2.45. The summed E-state index contributed by atoms with van der Waals surface area (Å²) in [4.78, 5) is 0. The minimum absolute atomic E-state index is 0.270. The topological polar surface area (TPSA) is 39.2 Å². The molecule has 0 saturated heterocycles. The van der Waals surface area contributed by atoms with Crippen LogP contribution in [0.25, 0.3) is 0 Å². The Morgan fingerprint density at radius 1 is 1.42 bits per heavy atom. The molecule has 64 valence electrons. The van der Waals surface area contributed by atoms with Crippen molar-refractivity contribution in [3.8, 4) is 0 Å². The summed E-state index contributed by atoms with van der Waals surface area (Å²) in [6.45, 7) is 2.03. The van der Waals surface area contributed by atoms with Gasteiger partial charge in [-0.25, -0.2) is 0 Å². The first-order valence-electron chi connectivity index (χ1n) is 4.21. The normalized spacial score (nSPS) is 20.2. The van der Waals surface area contributed by atoms with Crippen molar-refractivity contribution < 1.29 is 4.42 Å². The highest BCUT2D eigenvalue weighted by Crippen LogP contribution is 2.33. The Kier molecular flexibility index (Phi) is 1.58. The van der Waals surface area contributed by atoms with Gasteiger partial charge in [0.2, 0.25) is 0 Å². The first kappa shape index (κ1) is 7.62. The van der Waals surface area contributed by atoms with E-state index < -0.39 is 0 Å². The standard InChI is InChI=1S/C10H13NO/c1-8-4-7-12-9(8)10(11)5-2-3-6-10/h2-4,7H,5-6,11H2,1H3. The van der Waals surface area contributed by atoms with Crippen LogP contribution in [0.15, 0.2) is 28.9 Å². The number of furan rings is 1. The van der Waals surface area contributed by atoms with Gasteiger partial charge in [0.15, 0.2) is 0 Å². The van der Waals surface area contributed by atoms with Gasteiger partial charge in [-0.05, 0) is 31.4 Å². The maximum absolute atomic E-state index is 6.17. The molecule has 1 aromatic heterocycles. The average molecular weight is 163 g/mol. The highest BCUT2D eigenvalue weighted by molar-refractivity contribution is 5.27. The highest BCUT2D eigenvalue weighted by Gasteiger charge is 2.32. The fourth-order valence-corrected chi connectivity index (χ4v) is 1.74. The molecule has 0 unspecified atom stereocenters. The van der Waals surface area contributed by atoms with Crippen LogP contribution in [0, 0.1) is 6.92 Å². The minimum Gasteiger partial charge on any atom is -0.467 e. The SMILES string of the molecule is Cc1ccoc1C1(N)CC=CC1. The van der Waals surface area contributed by atoms with E-state index >= 15 is 0 Å². The van der Waals surface area contributed by atoms with E-state index in [1.165, 1.54) is 0 Å². The van der Waals surface area contributed by atoms with Gasteiger partial charge in [0, 0.05) is 0 Å². The van der Waals surface area contributed by atoms with Crippen molar-refractivity contribution in [1.82, 2.24) is 0 Å². The second-order valence-corrected chi connectivity index (χ2v) is 3.47. The van der Waals surface area contributed by atoms with E-state index in [1.807, 2.05) is 13.0 Å². The van der Waals surface area contributed by atoms with Crippen molar-refractivity contribution >= 4 is 0 Å². The highest BCUT2D eigenvalue weighted by atomic mass is 16.3. The maximum Gasteiger partial charge on any atom is 0.127 e. The third-order valence-electron chi connectivity index (χ3n) is 2.45. The van der Waals surface area contributed by atoms with E-state index in [4.69, 9.17) is 10.2 Å². The molecule has 0 atom stereocenters. The lowest BCUT2D eigenvalue weighted by Gasteiger charge is -2.21. The Balaban J connectivity index is 2.36. The quantitative estimate of drug-likeness (QED) is 0.644. The van der Waals surface area contributed by atoms with Crippen LogP contribution in [0.1, 0.15) is 24.2 Å². The number of aryl methyl sites for hydroxylation is 1. The van der Waals surface area contributed by atoms with E-state index in [-0.39, 0.29) is 5.54 Å². The summed E-state index contributed by atoms with van der Waals surface area (Å²) in [5.41, 5.74) is 7.05. The predicted octanol–water partition coefficient (Wildman–Crippen LogP) is 2.09. The Hall–Kier alpha value is -1.02. The Morgan fingerprint density at radius 2 is 2.08 bits per heavy atom. The van der Waals surface area contributed by atoms with Crippen molar-refractivity contribution in [1.29, 1.82) is 0 Å². The van der Waals surface area contributed by atoms with Gasteiger partial charge in [0.05, 0.1) is 11.8 Å². The number of rotatable bonds is 1. The van der Waals surface area contributed by atoms with Crippen LogP contribution < -0.4 is 5.73 Å². The molecular weight excluding hydrogens is 150 g/mol. The van der Waals surface area contributed by atoms with Crippen molar-refractivity contribution in [2.45, 2.75) is 25.3 Å². The van der Waals surface area contributed by atoms with Crippen molar-refractivity contribution in [3.05, 3.63) is 35.8 Å². The molecule has 1 aliphatic rings. The first-order chi connectivity index (χ1) is 5.72.